The van der Waals surface area contributed by atoms with Crippen LogP contribution in [-0.2, 0) is 31.3 Å². The third kappa shape index (κ3) is 8.19. The summed E-state index contributed by atoms with van der Waals surface area (Å²) in [7, 11) is -5.81. The number of carboxylic acid groups (broad SMARTS) is 1. The van der Waals surface area contributed by atoms with E-state index in [-0.39, 0.29) is 36.0 Å². The van der Waals surface area contributed by atoms with Gasteiger partial charge >= 0.3 is 5.97 Å². The summed E-state index contributed by atoms with van der Waals surface area (Å²) in [5, 5.41) is 11.6. The van der Waals surface area contributed by atoms with E-state index >= 15 is 0 Å². The zero-order valence-corrected chi connectivity index (χ0v) is 31.1. The lowest BCUT2D eigenvalue weighted by Crippen LogP contribution is -2.68. The van der Waals surface area contributed by atoms with Crippen molar-refractivity contribution in [2.24, 2.45) is 0 Å². The van der Waals surface area contributed by atoms with Crippen molar-refractivity contribution < 1.29 is 27.8 Å². The van der Waals surface area contributed by atoms with Crippen molar-refractivity contribution in [3.05, 3.63) is 108 Å². The fourth-order valence-electron chi connectivity index (χ4n) is 7.20. The number of rotatable bonds is 12. The Kier molecular flexibility index (Phi) is 11.8. The first-order valence-corrected chi connectivity index (χ1v) is 20.5. The van der Waals surface area contributed by atoms with Crippen LogP contribution in [0.25, 0.3) is 11.1 Å². The molecule has 4 aromatic rings. The summed E-state index contributed by atoms with van der Waals surface area (Å²) < 4.78 is 42.6. The number of benzene rings is 3. The summed E-state index contributed by atoms with van der Waals surface area (Å²) in [6.45, 7) is 11.5. The molecule has 0 spiro atoms. The van der Waals surface area contributed by atoms with Crippen LogP contribution in [0.5, 0.6) is 0 Å². The van der Waals surface area contributed by atoms with E-state index in [4.69, 9.17) is 8.95 Å². The van der Waals surface area contributed by atoms with Crippen molar-refractivity contribution in [2.45, 2.75) is 83.9 Å². The van der Waals surface area contributed by atoms with Gasteiger partial charge in [0, 0.05) is 29.7 Å². The van der Waals surface area contributed by atoms with E-state index in [2.05, 4.69) is 51.0 Å². The van der Waals surface area contributed by atoms with Gasteiger partial charge in [-0.05, 0) is 58.3 Å². The molecule has 2 heterocycles. The summed E-state index contributed by atoms with van der Waals surface area (Å²) in [6, 6.07) is 26.5. The van der Waals surface area contributed by atoms with Crippen molar-refractivity contribution in [3.63, 3.8) is 0 Å². The van der Waals surface area contributed by atoms with Gasteiger partial charge in [-0.1, -0.05) is 119 Å². The van der Waals surface area contributed by atoms with Crippen LogP contribution in [0.2, 0.25) is 5.04 Å². The molecule has 0 radical (unpaired) electrons. The largest absolute Gasteiger partial charge is 0.481 e. The third-order valence-corrected chi connectivity index (χ3v) is 15.6. The van der Waals surface area contributed by atoms with Gasteiger partial charge in [0.1, 0.15) is 12.4 Å². The van der Waals surface area contributed by atoms with Gasteiger partial charge in [-0.2, -0.15) is 0 Å². The molecule has 1 aliphatic rings. The molecule has 1 N–H and O–H groups in total. The maximum atomic E-state index is 13.9. The molecular formula is C40H47FNO5PSi. The maximum Gasteiger partial charge on any atom is 0.305 e. The zero-order valence-electron chi connectivity index (χ0n) is 29.1. The van der Waals surface area contributed by atoms with Gasteiger partial charge in [-0.15, -0.1) is 0 Å². The molecule has 49 heavy (non-hydrogen) atoms. The van der Waals surface area contributed by atoms with Gasteiger partial charge in [0.15, 0.2) is 8.03 Å². The Labute approximate surface area is 291 Å². The van der Waals surface area contributed by atoms with Crippen LogP contribution in [0.15, 0.2) is 84.9 Å². The zero-order chi connectivity index (χ0) is 35.2. The van der Waals surface area contributed by atoms with Gasteiger partial charge in [-0.25, -0.2) is 4.39 Å². The number of hydrogen-bond acceptors (Lipinski definition) is 4. The Balaban J connectivity index is 1.41. The summed E-state index contributed by atoms with van der Waals surface area (Å²) in [5.41, 5.74) is 5.23. The molecule has 0 bridgehead atoms. The first-order valence-electron chi connectivity index (χ1n) is 17.1. The van der Waals surface area contributed by atoms with Crippen LogP contribution >= 0.6 is 8.03 Å². The Morgan fingerprint density at radius 2 is 1.59 bits per heavy atom. The highest BCUT2D eigenvalue weighted by Crippen LogP contribution is 2.40. The van der Waals surface area contributed by atoms with E-state index in [9.17, 15) is 18.9 Å². The molecule has 0 amide bonds. The van der Waals surface area contributed by atoms with E-state index in [1.807, 2.05) is 60.7 Å². The van der Waals surface area contributed by atoms with Crippen molar-refractivity contribution in [1.29, 1.82) is 0 Å². The Hall–Kier alpha value is -3.73. The standard InChI is InChI=1S/C40H47FNO5PSi/c1-29(2)39-35(38(30-21-23-31(41)24-22-30)36-20-12-13-25-42(36)39)19-14-26-46-48(45)28-32(27-37(43)44)47-49(40(3,4)5,33-15-8-6-9-16-33)34-17-10-7-11-18-34/h6-11,15-18,21-24,29,32,48H,12-13,20,25-28H2,1-5H3,(H,43,44). The van der Waals surface area contributed by atoms with Crippen LogP contribution in [0.3, 0.4) is 0 Å². The summed E-state index contributed by atoms with van der Waals surface area (Å²) in [4.78, 5) is 12.1. The normalized spacial score (nSPS) is 14.5. The minimum Gasteiger partial charge on any atom is -0.481 e. The van der Waals surface area contributed by atoms with Gasteiger partial charge in [0.2, 0.25) is 0 Å². The SMILES string of the molecule is CC(C)c1c(C#CCO[PH](=O)CC(CC(=O)O)O[Si](c2ccccc2)(c2ccccc2)C(C)(C)C)c(-c2ccc(F)cc2)c2n1CCCC2. The molecule has 9 heteroatoms. The minimum absolute atomic E-state index is 0.0399. The van der Waals surface area contributed by atoms with Crippen molar-refractivity contribution in [1.82, 2.24) is 4.57 Å². The Morgan fingerprint density at radius 3 is 2.14 bits per heavy atom. The molecule has 5 rings (SSSR count). The summed E-state index contributed by atoms with van der Waals surface area (Å²) in [5.74, 6) is 5.36. The molecule has 0 saturated carbocycles. The summed E-state index contributed by atoms with van der Waals surface area (Å²) in [6.07, 6.45) is 1.93. The molecule has 0 fully saturated rings. The topological polar surface area (TPSA) is 77.8 Å². The highest BCUT2D eigenvalue weighted by molar-refractivity contribution is 7.39. The second-order valence-electron chi connectivity index (χ2n) is 14.0. The Morgan fingerprint density at radius 1 is 0.980 bits per heavy atom. The molecule has 2 unspecified atom stereocenters. The maximum absolute atomic E-state index is 13.9. The van der Waals surface area contributed by atoms with E-state index < -0.39 is 28.4 Å². The molecule has 258 valence electrons. The highest BCUT2D eigenvalue weighted by Gasteiger charge is 2.51. The van der Waals surface area contributed by atoms with Crippen molar-refractivity contribution >= 4 is 32.7 Å². The lowest BCUT2D eigenvalue weighted by atomic mass is 9.96. The van der Waals surface area contributed by atoms with Gasteiger partial charge in [0.05, 0.1) is 18.1 Å². The fourth-order valence-corrected chi connectivity index (χ4v) is 13.0. The predicted octanol–water partition coefficient (Wildman–Crippen LogP) is 8.02. The number of halogens is 1. The van der Waals surface area contributed by atoms with Crippen LogP contribution < -0.4 is 10.4 Å². The lowest BCUT2D eigenvalue weighted by Gasteiger charge is -2.45. The van der Waals surface area contributed by atoms with Crippen LogP contribution in [0.1, 0.15) is 76.8 Å². The van der Waals surface area contributed by atoms with E-state index in [0.29, 0.717) is 0 Å². The number of carboxylic acids is 1. The summed E-state index contributed by atoms with van der Waals surface area (Å²) >= 11 is 0. The smallest absolute Gasteiger partial charge is 0.305 e. The Bertz CT molecular complexity index is 1780. The molecular weight excluding hydrogens is 653 g/mol. The molecule has 2 atom stereocenters. The molecule has 0 aliphatic carbocycles. The monoisotopic (exact) mass is 699 g/mol. The van der Waals surface area contributed by atoms with Gasteiger partial charge in [0.25, 0.3) is 8.32 Å². The number of fused-ring (bicyclic) bond motifs is 1. The molecule has 6 nitrogen and oxygen atoms in total. The second-order valence-corrected chi connectivity index (χ2v) is 19.7. The average Bonchev–Trinajstić information content (AvgIpc) is 3.40. The lowest BCUT2D eigenvalue weighted by molar-refractivity contribution is -0.138. The van der Waals surface area contributed by atoms with E-state index in [0.717, 1.165) is 58.6 Å². The van der Waals surface area contributed by atoms with Gasteiger partial charge < -0.3 is 18.6 Å². The first-order chi connectivity index (χ1) is 23.4. The van der Waals surface area contributed by atoms with Crippen molar-refractivity contribution in [2.75, 3.05) is 12.8 Å². The highest BCUT2D eigenvalue weighted by atomic mass is 31.1. The molecule has 0 saturated heterocycles. The van der Waals surface area contributed by atoms with E-state index in [1.165, 1.54) is 17.8 Å². The number of aliphatic carboxylic acids is 1. The number of hydrogen-bond donors (Lipinski definition) is 1. The molecule has 1 aromatic heterocycles. The number of carbonyl (C=O) groups is 1. The predicted molar refractivity (Wildman–Crippen MR) is 198 cm³/mol. The van der Waals surface area contributed by atoms with Gasteiger partial charge in [-0.3, -0.25) is 9.36 Å². The fraction of sp³-hybridized carbons (Fsp3) is 0.375. The van der Waals surface area contributed by atoms with E-state index in [1.54, 1.807) is 12.1 Å². The number of aromatic nitrogens is 1. The quantitative estimate of drug-likeness (QED) is 0.0921. The third-order valence-electron chi connectivity index (χ3n) is 9.21. The minimum atomic E-state index is -3.09. The van der Waals surface area contributed by atoms with Crippen molar-refractivity contribution in [3.8, 4) is 23.0 Å². The second kappa shape index (κ2) is 15.9. The van der Waals surface area contributed by atoms with Crippen LogP contribution in [-0.4, -0.2) is 42.8 Å². The molecule has 1 aliphatic heterocycles. The van der Waals surface area contributed by atoms with Crippen LogP contribution in [0, 0.1) is 17.7 Å². The average molecular weight is 700 g/mol. The number of nitrogens with zero attached hydrogens (tertiary/aromatic N) is 1. The first kappa shape index (κ1) is 36.5. The molecule has 3 aromatic carbocycles. The van der Waals surface area contributed by atoms with Crippen LogP contribution in [0.4, 0.5) is 4.39 Å².